The minimum absolute atomic E-state index is 0.0347. The first-order valence-corrected chi connectivity index (χ1v) is 8.66. The highest BCUT2D eigenvalue weighted by atomic mass is 32.2. The fourth-order valence-electron chi connectivity index (χ4n) is 2.52. The summed E-state index contributed by atoms with van der Waals surface area (Å²) in [4.78, 5) is 4.11. The van der Waals surface area contributed by atoms with Gasteiger partial charge >= 0.3 is 0 Å². The molecular formula is C14H16FN3O3S. The van der Waals surface area contributed by atoms with Crippen LogP contribution in [0.5, 0.6) is 0 Å². The molecule has 1 aliphatic rings. The molecule has 0 atom stereocenters. The lowest BCUT2D eigenvalue weighted by Crippen LogP contribution is -2.32. The number of hydrogen-bond donors (Lipinski definition) is 1. The molecule has 0 radical (unpaired) electrons. The first-order chi connectivity index (χ1) is 10.5. The normalized spacial score (nSPS) is 16.2. The first-order valence-electron chi connectivity index (χ1n) is 7.11. The summed E-state index contributed by atoms with van der Waals surface area (Å²) in [6.45, 7) is -0.0347. The van der Waals surface area contributed by atoms with E-state index >= 15 is 0 Å². The Balaban J connectivity index is 1.65. The quantitative estimate of drug-likeness (QED) is 0.911. The van der Waals surface area contributed by atoms with Crippen molar-refractivity contribution in [3.63, 3.8) is 0 Å². The molecule has 1 fully saturated rings. The van der Waals surface area contributed by atoms with Gasteiger partial charge in [0.15, 0.2) is 0 Å². The average molecular weight is 325 g/mol. The van der Waals surface area contributed by atoms with Crippen LogP contribution in [0, 0.1) is 5.82 Å². The summed E-state index contributed by atoms with van der Waals surface area (Å²) >= 11 is 0. The standard InChI is InChI=1S/C14H16FN3O3S/c15-11-7-5-10(6-8-11)14-17-13(21-18-14)9-16-22(19,20)12-3-1-2-4-12/h5-8,12,16H,1-4,9H2. The summed E-state index contributed by atoms with van der Waals surface area (Å²) in [5.74, 6) is 0.132. The predicted octanol–water partition coefficient (Wildman–Crippen LogP) is 2.24. The van der Waals surface area contributed by atoms with E-state index in [4.69, 9.17) is 4.52 Å². The molecular weight excluding hydrogens is 309 g/mol. The fourth-order valence-corrected chi connectivity index (χ4v) is 4.04. The average Bonchev–Trinajstić information content (AvgIpc) is 3.18. The molecule has 3 rings (SSSR count). The molecule has 6 nitrogen and oxygen atoms in total. The van der Waals surface area contributed by atoms with E-state index < -0.39 is 10.0 Å². The molecule has 0 saturated heterocycles. The molecule has 2 aromatic rings. The van der Waals surface area contributed by atoms with Crippen molar-refractivity contribution < 1.29 is 17.3 Å². The summed E-state index contributed by atoms with van der Waals surface area (Å²) in [6.07, 6.45) is 3.28. The summed E-state index contributed by atoms with van der Waals surface area (Å²) in [5, 5.41) is 3.44. The van der Waals surface area contributed by atoms with Gasteiger partial charge in [0, 0.05) is 5.56 Å². The monoisotopic (exact) mass is 325 g/mol. The van der Waals surface area contributed by atoms with Crippen molar-refractivity contribution in [3.05, 3.63) is 36.0 Å². The number of hydrogen-bond acceptors (Lipinski definition) is 5. The van der Waals surface area contributed by atoms with Crippen molar-refractivity contribution in [2.45, 2.75) is 37.5 Å². The van der Waals surface area contributed by atoms with Crippen molar-refractivity contribution in [1.29, 1.82) is 0 Å². The molecule has 1 saturated carbocycles. The molecule has 1 aromatic carbocycles. The Bertz CT molecular complexity index is 737. The maximum atomic E-state index is 12.9. The summed E-state index contributed by atoms with van der Waals surface area (Å²) in [6, 6.07) is 5.67. The predicted molar refractivity (Wildman–Crippen MR) is 77.7 cm³/mol. The summed E-state index contributed by atoms with van der Waals surface area (Å²) < 4.78 is 44.6. The van der Waals surface area contributed by atoms with Crippen LogP contribution in [0.15, 0.2) is 28.8 Å². The van der Waals surface area contributed by atoms with Gasteiger partial charge in [0.2, 0.25) is 21.7 Å². The van der Waals surface area contributed by atoms with E-state index in [-0.39, 0.29) is 23.5 Å². The smallest absolute Gasteiger partial charge is 0.242 e. The van der Waals surface area contributed by atoms with Gasteiger partial charge in [-0.2, -0.15) is 4.98 Å². The molecule has 0 unspecified atom stereocenters. The molecule has 118 valence electrons. The molecule has 22 heavy (non-hydrogen) atoms. The number of aromatic nitrogens is 2. The number of benzene rings is 1. The Hall–Kier alpha value is -1.80. The van der Waals surface area contributed by atoms with Crippen LogP contribution in [0.1, 0.15) is 31.6 Å². The molecule has 1 N–H and O–H groups in total. The van der Waals surface area contributed by atoms with Crippen molar-refractivity contribution in [2.24, 2.45) is 0 Å². The van der Waals surface area contributed by atoms with Crippen LogP contribution in [0.25, 0.3) is 11.4 Å². The number of halogens is 1. The lowest BCUT2D eigenvalue weighted by atomic mass is 10.2. The Morgan fingerprint density at radius 3 is 2.59 bits per heavy atom. The van der Waals surface area contributed by atoms with E-state index in [0.717, 1.165) is 12.8 Å². The molecule has 1 heterocycles. The van der Waals surface area contributed by atoms with Gasteiger partial charge in [-0.1, -0.05) is 18.0 Å². The van der Waals surface area contributed by atoms with E-state index in [1.807, 2.05) is 0 Å². The highest BCUT2D eigenvalue weighted by Gasteiger charge is 2.28. The molecule has 0 amide bonds. The number of rotatable bonds is 5. The topological polar surface area (TPSA) is 85.1 Å². The zero-order valence-corrected chi connectivity index (χ0v) is 12.6. The summed E-state index contributed by atoms with van der Waals surface area (Å²) in [5.41, 5.74) is 0.607. The minimum Gasteiger partial charge on any atom is -0.338 e. The fraction of sp³-hybridized carbons (Fsp3) is 0.429. The van der Waals surface area contributed by atoms with E-state index in [0.29, 0.717) is 24.2 Å². The van der Waals surface area contributed by atoms with Gasteiger partial charge in [-0.25, -0.2) is 17.5 Å². The van der Waals surface area contributed by atoms with Gasteiger partial charge in [0.05, 0.1) is 11.8 Å². The Morgan fingerprint density at radius 1 is 1.23 bits per heavy atom. The Kier molecular flexibility index (Phi) is 4.21. The highest BCUT2D eigenvalue weighted by Crippen LogP contribution is 2.24. The number of nitrogens with zero attached hydrogens (tertiary/aromatic N) is 2. The summed E-state index contributed by atoms with van der Waals surface area (Å²) in [7, 11) is -3.35. The van der Waals surface area contributed by atoms with Crippen molar-refractivity contribution >= 4 is 10.0 Å². The zero-order chi connectivity index (χ0) is 15.6. The number of nitrogens with one attached hydrogen (secondary N) is 1. The van der Waals surface area contributed by atoms with E-state index in [1.54, 1.807) is 0 Å². The first kappa shape index (κ1) is 15.1. The maximum Gasteiger partial charge on any atom is 0.242 e. The van der Waals surface area contributed by atoms with Crippen LogP contribution in [0.4, 0.5) is 4.39 Å². The van der Waals surface area contributed by atoms with E-state index in [1.165, 1.54) is 24.3 Å². The SMILES string of the molecule is O=S(=O)(NCc1nc(-c2ccc(F)cc2)no1)C1CCCC1. The molecule has 0 spiro atoms. The second-order valence-electron chi connectivity index (χ2n) is 5.29. The van der Waals surface area contributed by atoms with Crippen molar-refractivity contribution in [3.8, 4) is 11.4 Å². The van der Waals surface area contributed by atoms with Crippen LogP contribution < -0.4 is 4.72 Å². The van der Waals surface area contributed by atoms with Crippen LogP contribution in [-0.4, -0.2) is 23.8 Å². The minimum atomic E-state index is -3.35. The Labute approximate surface area is 127 Å². The van der Waals surface area contributed by atoms with Gasteiger partial charge in [-0.15, -0.1) is 0 Å². The molecule has 0 bridgehead atoms. The van der Waals surface area contributed by atoms with E-state index in [2.05, 4.69) is 14.9 Å². The van der Waals surface area contributed by atoms with Crippen LogP contribution in [-0.2, 0) is 16.6 Å². The van der Waals surface area contributed by atoms with Gasteiger partial charge in [-0.3, -0.25) is 0 Å². The second-order valence-corrected chi connectivity index (χ2v) is 7.34. The second kappa shape index (κ2) is 6.13. The largest absolute Gasteiger partial charge is 0.338 e. The molecule has 1 aromatic heterocycles. The van der Waals surface area contributed by atoms with Gasteiger partial charge in [-0.05, 0) is 37.1 Å². The van der Waals surface area contributed by atoms with Crippen LogP contribution in [0.2, 0.25) is 0 Å². The van der Waals surface area contributed by atoms with Gasteiger partial charge in [0.25, 0.3) is 0 Å². The lowest BCUT2D eigenvalue weighted by Gasteiger charge is -2.10. The third-order valence-corrected chi connectivity index (χ3v) is 5.63. The Morgan fingerprint density at radius 2 is 1.91 bits per heavy atom. The van der Waals surface area contributed by atoms with Crippen molar-refractivity contribution in [1.82, 2.24) is 14.9 Å². The maximum absolute atomic E-state index is 12.9. The van der Waals surface area contributed by atoms with E-state index in [9.17, 15) is 12.8 Å². The van der Waals surface area contributed by atoms with Crippen LogP contribution >= 0.6 is 0 Å². The van der Waals surface area contributed by atoms with Crippen molar-refractivity contribution in [2.75, 3.05) is 0 Å². The van der Waals surface area contributed by atoms with Gasteiger partial charge < -0.3 is 4.52 Å². The molecule has 1 aliphatic carbocycles. The number of sulfonamides is 1. The molecule has 8 heteroatoms. The van der Waals surface area contributed by atoms with Gasteiger partial charge in [0.1, 0.15) is 5.82 Å². The third kappa shape index (κ3) is 3.33. The molecule has 0 aliphatic heterocycles. The highest BCUT2D eigenvalue weighted by molar-refractivity contribution is 7.90. The van der Waals surface area contributed by atoms with Crippen LogP contribution in [0.3, 0.4) is 0 Å². The third-order valence-electron chi connectivity index (χ3n) is 3.74. The zero-order valence-electron chi connectivity index (χ0n) is 11.8. The lowest BCUT2D eigenvalue weighted by molar-refractivity contribution is 0.375.